The standard InChI is InChI=1S/C24H32N4O3S/c1-5-19-25-24-28(26-19)22(29)21(32-24)20(17-11-9-16(10-12-17)15(3)4)27-13-7-8-18(14-27)23(30)31-6-2/h9-12,15,18,20,29H,5-8,13-14H2,1-4H3/t18-,20+/m1/s1. The van der Waals surface area contributed by atoms with Crippen molar-refractivity contribution in [3.05, 3.63) is 46.1 Å². The van der Waals surface area contributed by atoms with Crippen LogP contribution >= 0.6 is 11.3 Å². The Morgan fingerprint density at radius 3 is 2.59 bits per heavy atom. The van der Waals surface area contributed by atoms with Crippen molar-refractivity contribution in [2.75, 3.05) is 19.7 Å². The molecule has 7 nitrogen and oxygen atoms in total. The number of carbonyl (C=O) groups is 1. The smallest absolute Gasteiger partial charge is 0.310 e. The molecule has 1 aromatic carbocycles. The number of likely N-dealkylation sites (tertiary alicyclic amines) is 1. The molecule has 32 heavy (non-hydrogen) atoms. The van der Waals surface area contributed by atoms with Crippen LogP contribution in [0.1, 0.15) is 74.3 Å². The highest BCUT2D eigenvalue weighted by Gasteiger charge is 2.35. The van der Waals surface area contributed by atoms with Gasteiger partial charge in [-0.1, -0.05) is 56.4 Å². The van der Waals surface area contributed by atoms with E-state index in [1.165, 1.54) is 16.9 Å². The Balaban J connectivity index is 1.74. The fraction of sp³-hybridized carbons (Fsp3) is 0.542. The number of aromatic hydroxyl groups is 1. The molecular formula is C24H32N4O3S. The quantitative estimate of drug-likeness (QED) is 0.526. The summed E-state index contributed by atoms with van der Waals surface area (Å²) in [4.78, 5) is 20.8. The lowest BCUT2D eigenvalue weighted by Gasteiger charge is -2.37. The van der Waals surface area contributed by atoms with E-state index in [0.717, 1.165) is 42.1 Å². The maximum Gasteiger partial charge on any atom is 0.310 e. The number of aryl methyl sites for hydroxylation is 1. The topological polar surface area (TPSA) is 80.0 Å². The summed E-state index contributed by atoms with van der Waals surface area (Å²) >= 11 is 1.47. The lowest BCUT2D eigenvalue weighted by atomic mass is 9.93. The molecule has 3 aromatic rings. The summed E-state index contributed by atoms with van der Waals surface area (Å²) in [6.45, 7) is 10.0. The third kappa shape index (κ3) is 4.38. The van der Waals surface area contributed by atoms with E-state index in [1.54, 1.807) is 4.52 Å². The fourth-order valence-electron chi connectivity index (χ4n) is 4.40. The molecule has 1 saturated heterocycles. The Hall–Kier alpha value is -2.45. The number of ether oxygens (including phenoxy) is 1. The lowest BCUT2D eigenvalue weighted by molar-refractivity contribution is -0.150. The molecule has 1 aliphatic rings. The molecule has 2 aromatic heterocycles. The van der Waals surface area contributed by atoms with Crippen LogP contribution in [0, 0.1) is 5.92 Å². The number of carbonyl (C=O) groups excluding carboxylic acids is 1. The number of nitrogens with zero attached hydrogens (tertiary/aromatic N) is 4. The van der Waals surface area contributed by atoms with Crippen LogP contribution in [-0.4, -0.2) is 50.3 Å². The Morgan fingerprint density at radius 2 is 1.97 bits per heavy atom. The summed E-state index contributed by atoms with van der Waals surface area (Å²) in [5.74, 6) is 1.01. The first-order valence-electron chi connectivity index (χ1n) is 11.5. The molecule has 8 heteroatoms. The maximum atomic E-state index is 12.5. The second-order valence-corrected chi connectivity index (χ2v) is 9.69. The van der Waals surface area contributed by atoms with Crippen LogP contribution in [-0.2, 0) is 16.0 Å². The van der Waals surface area contributed by atoms with E-state index in [1.807, 2.05) is 13.8 Å². The molecule has 0 bridgehead atoms. The minimum absolute atomic E-state index is 0.133. The summed E-state index contributed by atoms with van der Waals surface area (Å²) in [5, 5.41) is 15.6. The molecule has 0 saturated carbocycles. The predicted octanol–water partition coefficient (Wildman–Crippen LogP) is 4.55. The largest absolute Gasteiger partial charge is 0.492 e. The van der Waals surface area contributed by atoms with Crippen molar-refractivity contribution in [2.45, 2.75) is 58.9 Å². The SMILES string of the molecule is CCOC(=O)[C@@H]1CCCN([C@@H](c2ccc(C(C)C)cc2)c2sc3nc(CC)nn3c2O)C1. The number of benzene rings is 1. The van der Waals surface area contributed by atoms with Gasteiger partial charge in [0.25, 0.3) is 0 Å². The minimum Gasteiger partial charge on any atom is -0.492 e. The number of thiazole rings is 1. The van der Waals surface area contributed by atoms with Gasteiger partial charge in [-0.25, -0.2) is 4.98 Å². The zero-order chi connectivity index (χ0) is 22.8. The van der Waals surface area contributed by atoms with Crippen molar-refractivity contribution in [1.82, 2.24) is 19.5 Å². The number of hydrogen-bond acceptors (Lipinski definition) is 7. The van der Waals surface area contributed by atoms with E-state index >= 15 is 0 Å². The molecular weight excluding hydrogens is 424 g/mol. The lowest BCUT2D eigenvalue weighted by Crippen LogP contribution is -2.41. The number of hydrogen-bond donors (Lipinski definition) is 1. The van der Waals surface area contributed by atoms with Crippen LogP contribution in [0.15, 0.2) is 24.3 Å². The second kappa shape index (κ2) is 9.58. The predicted molar refractivity (Wildman–Crippen MR) is 125 cm³/mol. The molecule has 0 spiro atoms. The van der Waals surface area contributed by atoms with Gasteiger partial charge in [-0.2, -0.15) is 4.52 Å². The van der Waals surface area contributed by atoms with E-state index in [2.05, 4.69) is 53.1 Å². The Labute approximate surface area is 193 Å². The molecule has 0 aliphatic carbocycles. The first-order chi connectivity index (χ1) is 15.4. The summed E-state index contributed by atoms with van der Waals surface area (Å²) in [7, 11) is 0. The van der Waals surface area contributed by atoms with E-state index in [0.29, 0.717) is 24.0 Å². The highest BCUT2D eigenvalue weighted by Crippen LogP contribution is 2.41. The number of fused-ring (bicyclic) bond motifs is 1. The van der Waals surface area contributed by atoms with Gasteiger partial charge < -0.3 is 9.84 Å². The number of rotatable bonds is 7. The van der Waals surface area contributed by atoms with Crippen molar-refractivity contribution >= 4 is 22.3 Å². The zero-order valence-electron chi connectivity index (χ0n) is 19.2. The molecule has 1 fully saturated rings. The fourth-order valence-corrected chi connectivity index (χ4v) is 5.54. The Kier molecular flexibility index (Phi) is 6.81. The summed E-state index contributed by atoms with van der Waals surface area (Å²) in [6.07, 6.45) is 2.46. The summed E-state index contributed by atoms with van der Waals surface area (Å²) < 4.78 is 6.85. The average molecular weight is 457 g/mol. The zero-order valence-corrected chi connectivity index (χ0v) is 20.1. The van der Waals surface area contributed by atoms with Gasteiger partial charge in [0, 0.05) is 13.0 Å². The monoisotopic (exact) mass is 456 g/mol. The third-order valence-corrected chi connectivity index (χ3v) is 7.24. The summed E-state index contributed by atoms with van der Waals surface area (Å²) in [5.41, 5.74) is 2.37. The van der Waals surface area contributed by atoms with Gasteiger partial charge in [0.05, 0.1) is 23.4 Å². The normalized spacial score (nSPS) is 18.3. The maximum absolute atomic E-state index is 12.5. The molecule has 172 valence electrons. The first-order valence-corrected chi connectivity index (χ1v) is 12.3. The van der Waals surface area contributed by atoms with E-state index in [-0.39, 0.29) is 23.8 Å². The molecule has 1 aliphatic heterocycles. The van der Waals surface area contributed by atoms with E-state index in [9.17, 15) is 9.90 Å². The highest BCUT2D eigenvalue weighted by atomic mass is 32.1. The Morgan fingerprint density at radius 1 is 1.25 bits per heavy atom. The molecule has 2 atom stereocenters. The molecule has 3 heterocycles. The highest BCUT2D eigenvalue weighted by molar-refractivity contribution is 7.17. The van der Waals surface area contributed by atoms with Gasteiger partial charge >= 0.3 is 5.97 Å². The van der Waals surface area contributed by atoms with Crippen LogP contribution in [0.2, 0.25) is 0 Å². The number of esters is 1. The molecule has 0 amide bonds. The third-order valence-electron chi connectivity index (χ3n) is 6.16. The van der Waals surface area contributed by atoms with E-state index < -0.39 is 0 Å². The van der Waals surface area contributed by atoms with Gasteiger partial charge in [-0.3, -0.25) is 9.69 Å². The van der Waals surface area contributed by atoms with Gasteiger partial charge in [-0.15, -0.1) is 5.10 Å². The van der Waals surface area contributed by atoms with Crippen LogP contribution in [0.25, 0.3) is 4.96 Å². The van der Waals surface area contributed by atoms with E-state index in [4.69, 9.17) is 4.74 Å². The molecule has 1 N–H and O–H groups in total. The van der Waals surface area contributed by atoms with Crippen molar-refractivity contribution in [3.63, 3.8) is 0 Å². The van der Waals surface area contributed by atoms with Crippen molar-refractivity contribution in [2.24, 2.45) is 5.92 Å². The van der Waals surface area contributed by atoms with Gasteiger partial charge in [0.2, 0.25) is 10.8 Å². The number of aromatic nitrogens is 3. The molecule has 4 rings (SSSR count). The first kappa shape index (κ1) is 22.7. The van der Waals surface area contributed by atoms with Gasteiger partial charge in [0.15, 0.2) is 5.82 Å². The van der Waals surface area contributed by atoms with Gasteiger partial charge in [-0.05, 0) is 43.4 Å². The van der Waals surface area contributed by atoms with Crippen molar-refractivity contribution in [3.8, 4) is 5.88 Å². The molecule has 0 radical (unpaired) electrons. The average Bonchev–Trinajstić information content (AvgIpc) is 3.34. The van der Waals surface area contributed by atoms with Gasteiger partial charge in [0.1, 0.15) is 0 Å². The van der Waals surface area contributed by atoms with Crippen molar-refractivity contribution < 1.29 is 14.6 Å². The van der Waals surface area contributed by atoms with Crippen LogP contribution in [0.4, 0.5) is 0 Å². The minimum atomic E-state index is -0.174. The molecule has 0 unspecified atom stereocenters. The van der Waals surface area contributed by atoms with Crippen LogP contribution in [0.3, 0.4) is 0 Å². The van der Waals surface area contributed by atoms with Crippen LogP contribution < -0.4 is 0 Å². The van der Waals surface area contributed by atoms with Crippen molar-refractivity contribution in [1.29, 1.82) is 0 Å². The summed E-state index contributed by atoms with van der Waals surface area (Å²) in [6, 6.07) is 8.42. The second-order valence-electron chi connectivity index (χ2n) is 8.68. The Bertz CT molecular complexity index is 1070. The number of piperidine rings is 1. The van der Waals surface area contributed by atoms with Crippen LogP contribution in [0.5, 0.6) is 5.88 Å².